The van der Waals surface area contributed by atoms with Gasteiger partial charge in [0.25, 0.3) is 0 Å². The number of unbranched alkanes of at least 4 members (excludes halogenated alkanes) is 3. The van der Waals surface area contributed by atoms with E-state index in [1.54, 1.807) is 0 Å². The summed E-state index contributed by atoms with van der Waals surface area (Å²) in [5.41, 5.74) is 6.55. The summed E-state index contributed by atoms with van der Waals surface area (Å²) in [6.07, 6.45) is 5.63. The summed E-state index contributed by atoms with van der Waals surface area (Å²) < 4.78 is 0. The third kappa shape index (κ3) is 8.30. The van der Waals surface area contributed by atoms with Crippen LogP contribution in [0.15, 0.2) is 24.3 Å². The van der Waals surface area contributed by atoms with Crippen molar-refractivity contribution in [2.24, 2.45) is 5.73 Å². The molecule has 0 saturated heterocycles. The minimum Gasteiger partial charge on any atom is -0.349 e. The zero-order valence-electron chi connectivity index (χ0n) is 12.6. The molecule has 1 rings (SSSR count). The Hall–Kier alpha value is -0.770. The van der Waals surface area contributed by atoms with E-state index in [0.29, 0.717) is 6.42 Å². The van der Waals surface area contributed by atoms with Crippen LogP contribution in [0.25, 0.3) is 0 Å². The van der Waals surface area contributed by atoms with E-state index in [2.05, 4.69) is 12.2 Å². The largest absolute Gasteiger partial charge is 0.349 e. The van der Waals surface area contributed by atoms with Crippen LogP contribution in [0, 0.1) is 0 Å². The molecule has 0 radical (unpaired) electrons. The van der Waals surface area contributed by atoms with Gasteiger partial charge < -0.3 is 11.1 Å². The van der Waals surface area contributed by atoms with E-state index in [0.717, 1.165) is 49.2 Å². The van der Waals surface area contributed by atoms with Crippen molar-refractivity contribution in [1.29, 1.82) is 0 Å². The number of benzene rings is 1. The van der Waals surface area contributed by atoms with Crippen molar-refractivity contribution in [3.63, 3.8) is 0 Å². The van der Waals surface area contributed by atoms with E-state index in [4.69, 9.17) is 17.3 Å². The first-order chi connectivity index (χ1) is 9.67. The molecule has 1 amide bonds. The van der Waals surface area contributed by atoms with Crippen LogP contribution in [0.2, 0.25) is 5.02 Å². The molecular formula is C16H26Cl2N2O. The average molecular weight is 333 g/mol. The lowest BCUT2D eigenvalue weighted by Gasteiger charge is -2.17. The standard InChI is InChI=1S/C16H25ClN2O.ClH/c1-2-15(13-8-10-14(17)11-9-13)19-16(20)7-5-3-4-6-12-18;/h8-11,15H,2-7,12,18H2,1H3,(H,19,20);1H. The molecule has 1 unspecified atom stereocenters. The lowest BCUT2D eigenvalue weighted by atomic mass is 10.0. The van der Waals surface area contributed by atoms with Gasteiger partial charge >= 0.3 is 0 Å². The fraction of sp³-hybridized carbons (Fsp3) is 0.562. The molecule has 0 fully saturated rings. The normalized spacial score (nSPS) is 11.6. The van der Waals surface area contributed by atoms with Crippen molar-refractivity contribution in [3.8, 4) is 0 Å². The van der Waals surface area contributed by atoms with Gasteiger partial charge in [0.1, 0.15) is 0 Å². The maximum atomic E-state index is 11.9. The van der Waals surface area contributed by atoms with Gasteiger partial charge in [-0.1, -0.05) is 43.5 Å². The first kappa shape index (κ1) is 20.2. The topological polar surface area (TPSA) is 55.1 Å². The van der Waals surface area contributed by atoms with E-state index in [1.165, 1.54) is 0 Å². The average Bonchev–Trinajstić information content (AvgIpc) is 2.45. The van der Waals surface area contributed by atoms with Gasteiger partial charge in [-0.05, 0) is 43.5 Å². The molecule has 1 aromatic carbocycles. The quantitative estimate of drug-likeness (QED) is 0.664. The first-order valence-corrected chi connectivity index (χ1v) is 7.80. The van der Waals surface area contributed by atoms with Crippen LogP contribution in [0.1, 0.15) is 57.1 Å². The molecule has 5 heteroatoms. The fourth-order valence-corrected chi connectivity index (χ4v) is 2.29. The van der Waals surface area contributed by atoms with Gasteiger partial charge in [-0.2, -0.15) is 0 Å². The van der Waals surface area contributed by atoms with Gasteiger partial charge in [0.05, 0.1) is 6.04 Å². The molecule has 0 aliphatic heterocycles. The molecule has 0 aromatic heterocycles. The number of hydrogen-bond acceptors (Lipinski definition) is 2. The monoisotopic (exact) mass is 332 g/mol. The van der Waals surface area contributed by atoms with Crippen LogP contribution >= 0.6 is 24.0 Å². The number of rotatable bonds is 9. The molecule has 0 saturated carbocycles. The molecule has 0 aliphatic carbocycles. The highest BCUT2D eigenvalue weighted by Crippen LogP contribution is 2.19. The van der Waals surface area contributed by atoms with Crippen molar-refractivity contribution in [3.05, 3.63) is 34.9 Å². The van der Waals surface area contributed by atoms with Gasteiger partial charge in [0, 0.05) is 11.4 Å². The molecule has 1 atom stereocenters. The Kier molecular flexibility index (Phi) is 11.4. The molecule has 120 valence electrons. The molecule has 3 N–H and O–H groups in total. The van der Waals surface area contributed by atoms with Crippen LogP contribution in [-0.2, 0) is 4.79 Å². The summed E-state index contributed by atoms with van der Waals surface area (Å²) in [7, 11) is 0. The summed E-state index contributed by atoms with van der Waals surface area (Å²) in [4.78, 5) is 11.9. The van der Waals surface area contributed by atoms with Gasteiger partial charge in [-0.25, -0.2) is 0 Å². The highest BCUT2D eigenvalue weighted by molar-refractivity contribution is 6.30. The second-order valence-corrected chi connectivity index (χ2v) is 5.47. The first-order valence-electron chi connectivity index (χ1n) is 7.42. The second-order valence-electron chi connectivity index (χ2n) is 5.03. The van der Waals surface area contributed by atoms with Gasteiger partial charge in [0.15, 0.2) is 0 Å². The molecule has 1 aromatic rings. The minimum atomic E-state index is 0. The zero-order valence-corrected chi connectivity index (χ0v) is 14.2. The van der Waals surface area contributed by atoms with Crippen LogP contribution in [0.3, 0.4) is 0 Å². The number of amides is 1. The van der Waals surface area contributed by atoms with Crippen molar-refractivity contribution < 1.29 is 4.79 Å². The number of nitrogens with one attached hydrogen (secondary N) is 1. The second kappa shape index (κ2) is 11.8. The number of nitrogens with two attached hydrogens (primary N) is 1. The van der Waals surface area contributed by atoms with Crippen LogP contribution in [0.5, 0.6) is 0 Å². The van der Waals surface area contributed by atoms with Gasteiger partial charge in [-0.15, -0.1) is 12.4 Å². The predicted octanol–water partition coefficient (Wildman–Crippen LogP) is 4.24. The molecule has 0 aliphatic rings. The molecule has 21 heavy (non-hydrogen) atoms. The van der Waals surface area contributed by atoms with Crippen LogP contribution in [-0.4, -0.2) is 12.5 Å². The summed E-state index contributed by atoms with van der Waals surface area (Å²) in [6, 6.07) is 7.73. The zero-order chi connectivity index (χ0) is 14.8. The van der Waals surface area contributed by atoms with E-state index in [-0.39, 0.29) is 24.4 Å². The fourth-order valence-electron chi connectivity index (χ4n) is 2.17. The third-order valence-corrected chi connectivity index (χ3v) is 3.63. The molecule has 0 heterocycles. The predicted molar refractivity (Wildman–Crippen MR) is 92.0 cm³/mol. The Morgan fingerprint density at radius 2 is 1.81 bits per heavy atom. The van der Waals surface area contributed by atoms with Crippen molar-refractivity contribution >= 4 is 29.9 Å². The van der Waals surface area contributed by atoms with E-state index in [1.807, 2.05) is 24.3 Å². The minimum absolute atomic E-state index is 0. The maximum absolute atomic E-state index is 11.9. The molecule has 0 bridgehead atoms. The Morgan fingerprint density at radius 1 is 1.19 bits per heavy atom. The Bertz CT molecular complexity index is 396. The van der Waals surface area contributed by atoms with Gasteiger partial charge in [-0.3, -0.25) is 4.79 Å². The summed E-state index contributed by atoms with van der Waals surface area (Å²) in [5.74, 6) is 0.125. The SMILES string of the molecule is CCC(NC(=O)CCCCCCN)c1ccc(Cl)cc1.Cl. The summed E-state index contributed by atoms with van der Waals surface area (Å²) in [5, 5.41) is 3.80. The Labute approximate surface area is 139 Å². The number of carbonyl (C=O) groups is 1. The van der Waals surface area contributed by atoms with Crippen molar-refractivity contribution in [2.75, 3.05) is 6.54 Å². The third-order valence-electron chi connectivity index (χ3n) is 3.37. The molecular weight excluding hydrogens is 307 g/mol. The molecule has 0 spiro atoms. The smallest absolute Gasteiger partial charge is 0.220 e. The summed E-state index contributed by atoms with van der Waals surface area (Å²) in [6.45, 7) is 2.81. The van der Waals surface area contributed by atoms with E-state index >= 15 is 0 Å². The number of halogens is 2. The van der Waals surface area contributed by atoms with E-state index < -0.39 is 0 Å². The number of carbonyl (C=O) groups excluding carboxylic acids is 1. The number of hydrogen-bond donors (Lipinski definition) is 2. The van der Waals surface area contributed by atoms with E-state index in [9.17, 15) is 4.79 Å². The highest BCUT2D eigenvalue weighted by Gasteiger charge is 2.12. The summed E-state index contributed by atoms with van der Waals surface area (Å²) >= 11 is 5.88. The van der Waals surface area contributed by atoms with Gasteiger partial charge in [0.2, 0.25) is 5.91 Å². The lowest BCUT2D eigenvalue weighted by molar-refractivity contribution is -0.122. The highest BCUT2D eigenvalue weighted by atomic mass is 35.5. The Morgan fingerprint density at radius 3 is 2.38 bits per heavy atom. The molecule has 3 nitrogen and oxygen atoms in total. The maximum Gasteiger partial charge on any atom is 0.220 e. The van der Waals surface area contributed by atoms with Crippen LogP contribution < -0.4 is 11.1 Å². The lowest BCUT2D eigenvalue weighted by Crippen LogP contribution is -2.27. The Balaban J connectivity index is 0.00000400. The van der Waals surface area contributed by atoms with Crippen molar-refractivity contribution in [2.45, 2.75) is 51.5 Å². The van der Waals surface area contributed by atoms with Crippen LogP contribution in [0.4, 0.5) is 0 Å². The van der Waals surface area contributed by atoms with Crippen molar-refractivity contribution in [1.82, 2.24) is 5.32 Å².